The molecule has 0 aliphatic heterocycles. The highest BCUT2D eigenvalue weighted by molar-refractivity contribution is 5.95. The maximum atomic E-state index is 10.6. The van der Waals surface area contributed by atoms with Crippen LogP contribution in [0.2, 0.25) is 0 Å². The molecule has 0 heterocycles. The van der Waals surface area contributed by atoms with Crippen LogP contribution >= 0.6 is 0 Å². The fourth-order valence-electron chi connectivity index (χ4n) is 1.66. The number of nitrogens with two attached hydrogens (primary N) is 1. The third-order valence-electron chi connectivity index (χ3n) is 2.40. The first-order chi connectivity index (χ1) is 7.18. The molecule has 15 heavy (non-hydrogen) atoms. The van der Waals surface area contributed by atoms with Crippen molar-refractivity contribution in [2.75, 3.05) is 5.73 Å². The number of aliphatic carboxylic acids is 1. The minimum absolute atomic E-state index is 0.0311. The number of benzene rings is 2. The second-order valence-corrected chi connectivity index (χ2v) is 3.43. The normalized spacial score (nSPS) is 10.4. The second kappa shape index (κ2) is 3.61. The van der Waals surface area contributed by atoms with E-state index < -0.39 is 5.97 Å². The van der Waals surface area contributed by atoms with Crippen LogP contribution in [0, 0.1) is 0 Å². The Morgan fingerprint density at radius 2 is 1.93 bits per heavy atom. The van der Waals surface area contributed by atoms with Crippen LogP contribution in [0.25, 0.3) is 10.8 Å². The molecule has 0 spiro atoms. The minimum Gasteiger partial charge on any atom is -0.481 e. The zero-order valence-corrected chi connectivity index (χ0v) is 8.10. The monoisotopic (exact) mass is 201 g/mol. The highest BCUT2D eigenvalue weighted by atomic mass is 16.4. The third kappa shape index (κ3) is 1.76. The molecule has 0 fully saturated rings. The van der Waals surface area contributed by atoms with Gasteiger partial charge in [0.05, 0.1) is 6.42 Å². The average Bonchev–Trinajstić information content (AvgIpc) is 2.22. The first-order valence-electron chi connectivity index (χ1n) is 4.66. The Morgan fingerprint density at radius 1 is 1.20 bits per heavy atom. The summed E-state index contributed by atoms with van der Waals surface area (Å²) in [7, 11) is 0. The van der Waals surface area contributed by atoms with Gasteiger partial charge in [-0.1, -0.05) is 36.4 Å². The molecule has 0 amide bonds. The first-order valence-corrected chi connectivity index (χ1v) is 4.66. The summed E-state index contributed by atoms with van der Waals surface area (Å²) in [5.41, 5.74) is 7.14. The van der Waals surface area contributed by atoms with Gasteiger partial charge in [0.2, 0.25) is 0 Å². The first kappa shape index (κ1) is 9.52. The molecule has 0 saturated heterocycles. The Balaban J connectivity index is 2.59. The van der Waals surface area contributed by atoms with Crippen molar-refractivity contribution < 1.29 is 9.90 Å². The van der Waals surface area contributed by atoms with Crippen LogP contribution in [0.1, 0.15) is 5.56 Å². The van der Waals surface area contributed by atoms with Crippen molar-refractivity contribution in [1.29, 1.82) is 0 Å². The van der Waals surface area contributed by atoms with Crippen LogP contribution in [0.15, 0.2) is 36.4 Å². The fourth-order valence-corrected chi connectivity index (χ4v) is 1.66. The largest absolute Gasteiger partial charge is 0.481 e. The molecule has 0 atom stereocenters. The number of carbonyl (C=O) groups is 1. The number of nitrogen functional groups attached to an aromatic ring is 1. The van der Waals surface area contributed by atoms with Crippen molar-refractivity contribution in [2.45, 2.75) is 6.42 Å². The zero-order valence-electron chi connectivity index (χ0n) is 8.10. The highest BCUT2D eigenvalue weighted by Crippen LogP contribution is 2.24. The van der Waals surface area contributed by atoms with Gasteiger partial charge in [0.1, 0.15) is 0 Å². The number of hydrogen-bond acceptors (Lipinski definition) is 2. The summed E-state index contributed by atoms with van der Waals surface area (Å²) in [6.07, 6.45) is -0.0311. The topological polar surface area (TPSA) is 63.3 Å². The summed E-state index contributed by atoms with van der Waals surface area (Å²) in [6.45, 7) is 0. The fraction of sp³-hybridized carbons (Fsp3) is 0.0833. The lowest BCUT2D eigenvalue weighted by Gasteiger charge is -2.06. The predicted molar refractivity (Wildman–Crippen MR) is 59.7 cm³/mol. The van der Waals surface area contributed by atoms with Gasteiger partial charge in [-0.25, -0.2) is 0 Å². The molecule has 0 unspecified atom stereocenters. The quantitative estimate of drug-likeness (QED) is 0.731. The maximum Gasteiger partial charge on any atom is 0.307 e. The summed E-state index contributed by atoms with van der Waals surface area (Å²) in [5.74, 6) is -0.864. The molecule has 2 aromatic rings. The molecule has 0 saturated carbocycles. The lowest BCUT2D eigenvalue weighted by Crippen LogP contribution is -2.03. The molecule has 0 aliphatic carbocycles. The summed E-state index contributed by atoms with van der Waals surface area (Å²) in [6, 6.07) is 11.3. The van der Waals surface area contributed by atoms with Crippen molar-refractivity contribution in [3.63, 3.8) is 0 Å². The van der Waals surface area contributed by atoms with Gasteiger partial charge in [0.25, 0.3) is 0 Å². The Bertz CT molecular complexity index is 520. The standard InChI is InChI=1S/C12H11NO2/c13-12-9(7-11(14)15)6-5-8-3-1-2-4-10(8)12/h1-6H,7,13H2,(H,14,15). The second-order valence-electron chi connectivity index (χ2n) is 3.43. The highest BCUT2D eigenvalue weighted by Gasteiger charge is 2.07. The Labute approximate surface area is 87.1 Å². The molecule has 0 aromatic heterocycles. The lowest BCUT2D eigenvalue weighted by atomic mass is 10.0. The van der Waals surface area contributed by atoms with Gasteiger partial charge in [-0.3, -0.25) is 4.79 Å². The van der Waals surface area contributed by atoms with E-state index in [9.17, 15) is 4.79 Å². The molecule has 76 valence electrons. The van der Waals surface area contributed by atoms with Crippen molar-refractivity contribution in [1.82, 2.24) is 0 Å². The summed E-state index contributed by atoms with van der Waals surface area (Å²) in [4.78, 5) is 10.6. The van der Waals surface area contributed by atoms with Crippen LogP contribution in [0.5, 0.6) is 0 Å². The SMILES string of the molecule is Nc1c(CC(=O)O)ccc2ccccc12. The van der Waals surface area contributed by atoms with E-state index in [1.807, 2.05) is 30.3 Å². The molecule has 3 nitrogen and oxygen atoms in total. The smallest absolute Gasteiger partial charge is 0.307 e. The van der Waals surface area contributed by atoms with E-state index in [-0.39, 0.29) is 6.42 Å². The molecule has 3 N–H and O–H groups in total. The van der Waals surface area contributed by atoms with Crippen molar-refractivity contribution in [3.05, 3.63) is 42.0 Å². The zero-order chi connectivity index (χ0) is 10.8. The molecule has 3 heteroatoms. The van der Waals surface area contributed by atoms with Gasteiger partial charge in [0.15, 0.2) is 0 Å². The summed E-state index contributed by atoms with van der Waals surface area (Å²) < 4.78 is 0. The number of carboxylic acid groups (broad SMARTS) is 1. The van der Waals surface area contributed by atoms with E-state index in [0.29, 0.717) is 11.3 Å². The van der Waals surface area contributed by atoms with Gasteiger partial charge in [-0.05, 0) is 10.9 Å². The van der Waals surface area contributed by atoms with Crippen LogP contribution in [-0.4, -0.2) is 11.1 Å². The Kier molecular flexibility index (Phi) is 2.29. The number of hydrogen-bond donors (Lipinski definition) is 2. The van der Waals surface area contributed by atoms with Crippen LogP contribution in [-0.2, 0) is 11.2 Å². The molecule has 0 aliphatic rings. The molecule has 0 radical (unpaired) electrons. The van der Waals surface area contributed by atoms with E-state index in [1.54, 1.807) is 6.07 Å². The van der Waals surface area contributed by atoms with Gasteiger partial charge in [-0.2, -0.15) is 0 Å². The molecule has 0 bridgehead atoms. The molecular weight excluding hydrogens is 190 g/mol. The van der Waals surface area contributed by atoms with E-state index in [0.717, 1.165) is 10.8 Å². The van der Waals surface area contributed by atoms with Gasteiger partial charge in [-0.15, -0.1) is 0 Å². The lowest BCUT2D eigenvalue weighted by molar-refractivity contribution is -0.136. The van der Waals surface area contributed by atoms with E-state index in [1.165, 1.54) is 0 Å². The number of rotatable bonds is 2. The Hall–Kier alpha value is -2.03. The summed E-state index contributed by atoms with van der Waals surface area (Å²) >= 11 is 0. The third-order valence-corrected chi connectivity index (χ3v) is 2.40. The van der Waals surface area contributed by atoms with Crippen molar-refractivity contribution in [2.24, 2.45) is 0 Å². The van der Waals surface area contributed by atoms with Crippen molar-refractivity contribution in [3.8, 4) is 0 Å². The van der Waals surface area contributed by atoms with Crippen molar-refractivity contribution >= 4 is 22.4 Å². The maximum absolute atomic E-state index is 10.6. The summed E-state index contributed by atoms with van der Waals surface area (Å²) in [5, 5.41) is 10.7. The molecular formula is C12H11NO2. The van der Waals surface area contributed by atoms with Gasteiger partial charge >= 0.3 is 5.97 Å². The van der Waals surface area contributed by atoms with Crippen LogP contribution < -0.4 is 5.73 Å². The Morgan fingerprint density at radius 3 is 2.67 bits per heavy atom. The van der Waals surface area contributed by atoms with Crippen LogP contribution in [0.3, 0.4) is 0 Å². The predicted octanol–water partition coefficient (Wildman–Crippen LogP) is 2.05. The number of fused-ring (bicyclic) bond motifs is 1. The van der Waals surface area contributed by atoms with E-state index in [2.05, 4.69) is 0 Å². The minimum atomic E-state index is -0.864. The molecule has 2 rings (SSSR count). The average molecular weight is 201 g/mol. The van der Waals surface area contributed by atoms with E-state index in [4.69, 9.17) is 10.8 Å². The van der Waals surface area contributed by atoms with Gasteiger partial charge < -0.3 is 10.8 Å². The molecule has 2 aromatic carbocycles. The number of carboxylic acids is 1. The van der Waals surface area contributed by atoms with E-state index >= 15 is 0 Å². The number of anilines is 1. The van der Waals surface area contributed by atoms with Gasteiger partial charge in [0, 0.05) is 11.1 Å². The van der Waals surface area contributed by atoms with Crippen LogP contribution in [0.4, 0.5) is 5.69 Å².